The van der Waals surface area contributed by atoms with Gasteiger partial charge >= 0.3 is 0 Å². The highest BCUT2D eigenvalue weighted by molar-refractivity contribution is 7.89. The van der Waals surface area contributed by atoms with E-state index >= 15 is 0 Å². The second-order valence-corrected chi connectivity index (χ2v) is 8.64. The van der Waals surface area contributed by atoms with Gasteiger partial charge in [0.2, 0.25) is 15.9 Å². The highest BCUT2D eigenvalue weighted by atomic mass is 35.5. The number of carbonyl (C=O) groups is 1. The van der Waals surface area contributed by atoms with Gasteiger partial charge in [0.1, 0.15) is 5.75 Å². The Bertz CT molecular complexity index is 715. The molecule has 0 spiro atoms. The van der Waals surface area contributed by atoms with E-state index in [4.69, 9.17) is 16.3 Å². The van der Waals surface area contributed by atoms with Crippen molar-refractivity contribution in [3.63, 3.8) is 0 Å². The molecule has 2 rings (SSSR count). The molecule has 1 fully saturated rings. The molecule has 140 valence electrons. The summed E-state index contributed by atoms with van der Waals surface area (Å²) in [5.41, 5.74) is 0. The topological polar surface area (TPSA) is 66.9 Å². The van der Waals surface area contributed by atoms with Crippen LogP contribution in [0.3, 0.4) is 0 Å². The Morgan fingerprint density at radius 3 is 2.52 bits per heavy atom. The lowest BCUT2D eigenvalue weighted by Crippen LogP contribution is -2.45. The summed E-state index contributed by atoms with van der Waals surface area (Å²) in [4.78, 5) is 14.3. The third-order valence-corrected chi connectivity index (χ3v) is 6.77. The summed E-state index contributed by atoms with van der Waals surface area (Å²) in [6.45, 7) is 5.31. The van der Waals surface area contributed by atoms with E-state index in [2.05, 4.69) is 6.92 Å². The number of rotatable bonds is 6. The van der Waals surface area contributed by atoms with Crippen molar-refractivity contribution in [2.75, 3.05) is 33.3 Å². The lowest BCUT2D eigenvalue weighted by Gasteiger charge is -2.32. The first-order chi connectivity index (χ1) is 11.8. The van der Waals surface area contributed by atoms with E-state index in [1.165, 1.54) is 29.6 Å². The van der Waals surface area contributed by atoms with Crippen LogP contribution in [0.2, 0.25) is 5.02 Å². The number of likely N-dealkylation sites (tertiary alicyclic amines) is 1. The van der Waals surface area contributed by atoms with Crippen molar-refractivity contribution in [3.05, 3.63) is 23.2 Å². The van der Waals surface area contributed by atoms with Crippen LogP contribution < -0.4 is 4.74 Å². The monoisotopic (exact) mass is 388 g/mol. The quantitative estimate of drug-likeness (QED) is 0.751. The third kappa shape index (κ3) is 4.65. The van der Waals surface area contributed by atoms with Crippen molar-refractivity contribution in [3.8, 4) is 5.75 Å². The van der Waals surface area contributed by atoms with Crippen LogP contribution >= 0.6 is 11.6 Å². The Morgan fingerprint density at radius 2 is 2.00 bits per heavy atom. The second kappa shape index (κ2) is 8.38. The minimum atomic E-state index is -3.80. The normalized spacial score (nSPS) is 16.3. The molecule has 1 saturated heterocycles. The smallest absolute Gasteiger partial charge is 0.243 e. The van der Waals surface area contributed by atoms with Gasteiger partial charge in [-0.3, -0.25) is 4.79 Å². The number of sulfonamides is 1. The van der Waals surface area contributed by atoms with Gasteiger partial charge in [0.05, 0.1) is 23.6 Å². The number of halogens is 1. The molecule has 1 amide bonds. The van der Waals surface area contributed by atoms with Crippen molar-refractivity contribution in [2.24, 2.45) is 5.92 Å². The summed E-state index contributed by atoms with van der Waals surface area (Å²) in [7, 11) is -2.33. The van der Waals surface area contributed by atoms with Gasteiger partial charge in [-0.15, -0.1) is 0 Å². The van der Waals surface area contributed by atoms with Gasteiger partial charge in [-0.05, 0) is 37.0 Å². The highest BCUT2D eigenvalue weighted by Gasteiger charge is 2.29. The van der Waals surface area contributed by atoms with Crippen molar-refractivity contribution in [1.29, 1.82) is 0 Å². The zero-order chi connectivity index (χ0) is 18.6. The van der Waals surface area contributed by atoms with Crippen molar-refractivity contribution < 1.29 is 17.9 Å². The molecule has 1 aromatic carbocycles. The van der Waals surface area contributed by atoms with Gasteiger partial charge in [-0.2, -0.15) is 4.31 Å². The Balaban J connectivity index is 2.15. The maximum atomic E-state index is 12.8. The number of methoxy groups -OCH3 is 1. The highest BCUT2D eigenvalue weighted by Crippen LogP contribution is 2.28. The number of hydrogen-bond donors (Lipinski definition) is 0. The first kappa shape index (κ1) is 20.0. The number of carbonyl (C=O) groups excluding carboxylic acids is 1. The second-order valence-electron chi connectivity index (χ2n) is 6.29. The van der Waals surface area contributed by atoms with Crippen molar-refractivity contribution in [1.82, 2.24) is 9.21 Å². The minimum Gasteiger partial charge on any atom is -0.495 e. The Labute approximate surface area is 154 Å². The standard InChI is InChI=1S/C17H25ClN2O4S/c1-4-20(12-17(21)19-9-7-13(2)8-10-19)25(22,23)14-5-6-16(24-3)15(18)11-14/h5-6,11,13H,4,7-10,12H2,1-3H3. The molecule has 0 N–H and O–H groups in total. The number of nitrogens with zero attached hydrogens (tertiary/aromatic N) is 2. The van der Waals surface area contributed by atoms with E-state index in [1.807, 2.05) is 0 Å². The van der Waals surface area contributed by atoms with Crippen molar-refractivity contribution >= 4 is 27.5 Å². The number of likely N-dealkylation sites (N-methyl/N-ethyl adjacent to an activating group) is 1. The molecule has 1 aliphatic rings. The molecule has 0 bridgehead atoms. The Morgan fingerprint density at radius 1 is 1.36 bits per heavy atom. The predicted molar refractivity (Wildman–Crippen MR) is 97.4 cm³/mol. The van der Waals surface area contributed by atoms with Crippen LogP contribution in [0.15, 0.2) is 23.1 Å². The van der Waals surface area contributed by atoms with E-state index in [1.54, 1.807) is 11.8 Å². The van der Waals surface area contributed by atoms with Crippen molar-refractivity contribution in [2.45, 2.75) is 31.6 Å². The molecule has 1 heterocycles. The molecule has 0 aliphatic carbocycles. The summed E-state index contributed by atoms with van der Waals surface area (Å²) < 4.78 is 31.9. The van der Waals surface area contributed by atoms with Crippen LogP contribution in [0.4, 0.5) is 0 Å². The zero-order valence-electron chi connectivity index (χ0n) is 14.9. The van der Waals surface area contributed by atoms with Crippen LogP contribution in [0.25, 0.3) is 0 Å². The van der Waals surface area contributed by atoms with Gasteiger partial charge in [0, 0.05) is 19.6 Å². The lowest BCUT2D eigenvalue weighted by atomic mass is 9.99. The van der Waals surface area contributed by atoms with Gasteiger partial charge in [-0.1, -0.05) is 25.4 Å². The maximum absolute atomic E-state index is 12.8. The fourth-order valence-corrected chi connectivity index (χ4v) is 4.58. The van der Waals surface area contributed by atoms with Gasteiger partial charge in [0.15, 0.2) is 0 Å². The number of ether oxygens (including phenoxy) is 1. The number of piperidine rings is 1. The van der Waals surface area contributed by atoms with E-state index < -0.39 is 10.0 Å². The maximum Gasteiger partial charge on any atom is 0.243 e. The SMILES string of the molecule is CCN(CC(=O)N1CCC(C)CC1)S(=O)(=O)c1ccc(OC)c(Cl)c1. The minimum absolute atomic E-state index is 0.0558. The van der Waals surface area contributed by atoms with E-state index in [0.717, 1.165) is 12.8 Å². The van der Waals surface area contributed by atoms with Gasteiger partial charge in [0.25, 0.3) is 0 Å². The van der Waals surface area contributed by atoms with E-state index in [-0.39, 0.29) is 28.9 Å². The predicted octanol–water partition coefficient (Wildman–Crippen LogP) is 2.62. The molecule has 0 radical (unpaired) electrons. The average Bonchev–Trinajstić information content (AvgIpc) is 2.59. The fourth-order valence-electron chi connectivity index (χ4n) is 2.83. The summed E-state index contributed by atoms with van der Waals surface area (Å²) in [6.07, 6.45) is 1.91. The zero-order valence-corrected chi connectivity index (χ0v) is 16.4. The molecule has 0 unspecified atom stereocenters. The first-order valence-corrected chi connectivity index (χ1v) is 10.2. The molecule has 0 atom stereocenters. The summed E-state index contributed by atoms with van der Waals surface area (Å²) in [5, 5.41) is 0.218. The number of amides is 1. The fraction of sp³-hybridized carbons (Fsp3) is 0.588. The molecule has 0 aromatic heterocycles. The molecule has 8 heteroatoms. The molecule has 1 aliphatic heterocycles. The summed E-state index contributed by atoms with van der Waals surface area (Å²) in [5.74, 6) is 0.857. The van der Waals surface area contributed by atoms with Crippen LogP contribution in [0.1, 0.15) is 26.7 Å². The molecule has 0 saturated carbocycles. The molecule has 1 aromatic rings. The Hall–Kier alpha value is -1.31. The molecule has 6 nitrogen and oxygen atoms in total. The van der Waals surface area contributed by atoms with E-state index in [0.29, 0.717) is 24.8 Å². The van der Waals surface area contributed by atoms with Crippen LogP contribution in [-0.2, 0) is 14.8 Å². The average molecular weight is 389 g/mol. The summed E-state index contributed by atoms with van der Waals surface area (Å²) in [6, 6.07) is 4.30. The van der Waals surface area contributed by atoms with E-state index in [9.17, 15) is 13.2 Å². The largest absolute Gasteiger partial charge is 0.495 e. The molecular formula is C17H25ClN2O4S. The van der Waals surface area contributed by atoms with Crippen LogP contribution in [-0.4, -0.2) is 56.8 Å². The third-order valence-electron chi connectivity index (χ3n) is 4.56. The summed E-state index contributed by atoms with van der Waals surface area (Å²) >= 11 is 6.04. The van der Waals surface area contributed by atoms with Gasteiger partial charge in [-0.25, -0.2) is 8.42 Å². The number of benzene rings is 1. The lowest BCUT2D eigenvalue weighted by molar-refractivity contribution is -0.132. The molecular weight excluding hydrogens is 364 g/mol. The Kier molecular flexibility index (Phi) is 6.71. The molecule has 25 heavy (non-hydrogen) atoms. The van der Waals surface area contributed by atoms with Crippen LogP contribution in [0.5, 0.6) is 5.75 Å². The number of hydrogen-bond acceptors (Lipinski definition) is 4. The first-order valence-electron chi connectivity index (χ1n) is 8.41. The van der Waals surface area contributed by atoms with Gasteiger partial charge < -0.3 is 9.64 Å². The van der Waals surface area contributed by atoms with Crippen LogP contribution in [0, 0.1) is 5.92 Å².